The second kappa shape index (κ2) is 6.67. The molecule has 2 rings (SSSR count). The molecule has 22 heavy (non-hydrogen) atoms. The summed E-state index contributed by atoms with van der Waals surface area (Å²) in [5, 5.41) is 3.35. The number of hydrogen-bond acceptors (Lipinski definition) is 5. The molecule has 0 spiro atoms. The van der Waals surface area contributed by atoms with E-state index in [1.807, 2.05) is 52.0 Å². The van der Waals surface area contributed by atoms with Gasteiger partial charge in [0.2, 0.25) is 0 Å². The van der Waals surface area contributed by atoms with Crippen molar-refractivity contribution in [2.45, 2.75) is 45.6 Å². The summed E-state index contributed by atoms with van der Waals surface area (Å²) in [5.41, 5.74) is 0.406. The van der Waals surface area contributed by atoms with Gasteiger partial charge in [0.1, 0.15) is 17.9 Å². The van der Waals surface area contributed by atoms with Crippen molar-refractivity contribution < 1.29 is 19.0 Å². The number of carbonyl (C=O) groups excluding carboxylic acids is 1. The fraction of sp³-hybridized carbons (Fsp3) is 0.588. The van der Waals surface area contributed by atoms with Gasteiger partial charge in [0.15, 0.2) is 0 Å². The highest BCUT2D eigenvalue weighted by Gasteiger charge is 2.48. The van der Waals surface area contributed by atoms with E-state index in [1.165, 1.54) is 0 Å². The molecule has 1 aromatic carbocycles. The predicted molar refractivity (Wildman–Crippen MR) is 83.6 cm³/mol. The van der Waals surface area contributed by atoms with Crippen molar-refractivity contribution in [3.05, 3.63) is 29.8 Å². The molecule has 1 fully saturated rings. The second-order valence-electron chi connectivity index (χ2n) is 6.01. The van der Waals surface area contributed by atoms with E-state index >= 15 is 0 Å². The Morgan fingerprint density at radius 2 is 1.95 bits per heavy atom. The van der Waals surface area contributed by atoms with Gasteiger partial charge in [-0.15, -0.1) is 0 Å². The number of ether oxygens (including phenoxy) is 3. The van der Waals surface area contributed by atoms with Crippen LogP contribution >= 0.6 is 0 Å². The van der Waals surface area contributed by atoms with Crippen LogP contribution in [0.3, 0.4) is 0 Å². The topological polar surface area (TPSA) is 56.8 Å². The lowest BCUT2D eigenvalue weighted by molar-refractivity contribution is -0.189. The predicted octanol–water partition coefficient (Wildman–Crippen LogP) is 2.66. The quantitative estimate of drug-likeness (QED) is 0.867. The molecule has 0 amide bonds. The van der Waals surface area contributed by atoms with Gasteiger partial charge in [-0.3, -0.25) is 10.1 Å². The van der Waals surface area contributed by atoms with Crippen LogP contribution in [0.4, 0.5) is 0 Å². The van der Waals surface area contributed by atoms with E-state index in [2.05, 4.69) is 5.32 Å². The molecule has 1 aliphatic heterocycles. The van der Waals surface area contributed by atoms with Crippen molar-refractivity contribution in [1.29, 1.82) is 0 Å². The molecule has 1 N–H and O–H groups in total. The fourth-order valence-corrected chi connectivity index (χ4v) is 3.07. The maximum atomic E-state index is 12.5. The lowest BCUT2D eigenvalue weighted by atomic mass is 9.79. The lowest BCUT2D eigenvalue weighted by Crippen LogP contribution is -2.57. The summed E-state index contributed by atoms with van der Waals surface area (Å²) in [6, 6.07) is 7.57. The van der Waals surface area contributed by atoms with Crippen molar-refractivity contribution in [3.8, 4) is 5.75 Å². The van der Waals surface area contributed by atoms with E-state index in [0.29, 0.717) is 6.61 Å². The van der Waals surface area contributed by atoms with Gasteiger partial charge in [-0.2, -0.15) is 0 Å². The van der Waals surface area contributed by atoms with Crippen LogP contribution in [-0.2, 0) is 14.3 Å². The number of hydrogen-bond donors (Lipinski definition) is 1. The highest BCUT2D eigenvalue weighted by molar-refractivity contribution is 5.75. The van der Waals surface area contributed by atoms with E-state index in [-0.39, 0.29) is 18.2 Å². The first-order valence-electron chi connectivity index (χ1n) is 7.63. The number of esters is 1. The average Bonchev–Trinajstić information content (AvgIpc) is 2.45. The van der Waals surface area contributed by atoms with Crippen LogP contribution in [0.2, 0.25) is 0 Å². The zero-order chi connectivity index (χ0) is 16.3. The Kier molecular flexibility index (Phi) is 5.08. The average molecular weight is 307 g/mol. The van der Waals surface area contributed by atoms with Crippen molar-refractivity contribution in [3.63, 3.8) is 0 Å². The summed E-state index contributed by atoms with van der Waals surface area (Å²) in [4.78, 5) is 12.5. The molecular weight excluding hydrogens is 282 g/mol. The lowest BCUT2D eigenvalue weighted by Gasteiger charge is -2.46. The molecule has 5 nitrogen and oxygen atoms in total. The molecule has 0 saturated carbocycles. The van der Waals surface area contributed by atoms with Gasteiger partial charge in [-0.25, -0.2) is 0 Å². The summed E-state index contributed by atoms with van der Waals surface area (Å²) in [6.07, 6.45) is -0.146. The van der Waals surface area contributed by atoms with Crippen LogP contribution in [0.1, 0.15) is 39.3 Å². The molecule has 1 saturated heterocycles. The Balaban J connectivity index is 2.36. The molecule has 1 aromatic rings. The first-order chi connectivity index (χ1) is 10.4. The smallest absolute Gasteiger partial charge is 0.313 e. The third-order valence-corrected chi connectivity index (χ3v) is 3.99. The fourth-order valence-electron chi connectivity index (χ4n) is 3.07. The minimum absolute atomic E-state index is 0.146. The molecule has 1 heterocycles. The van der Waals surface area contributed by atoms with Crippen molar-refractivity contribution in [1.82, 2.24) is 5.32 Å². The van der Waals surface area contributed by atoms with Crippen molar-refractivity contribution >= 4 is 5.97 Å². The number of rotatable bonds is 4. The van der Waals surface area contributed by atoms with Crippen molar-refractivity contribution in [2.75, 3.05) is 13.7 Å². The Bertz CT molecular complexity index is 512. The Morgan fingerprint density at radius 1 is 1.32 bits per heavy atom. The molecule has 3 atom stereocenters. The molecule has 0 bridgehead atoms. The second-order valence-corrected chi connectivity index (χ2v) is 6.01. The van der Waals surface area contributed by atoms with Crippen molar-refractivity contribution in [2.24, 2.45) is 5.92 Å². The molecule has 0 aromatic heterocycles. The van der Waals surface area contributed by atoms with E-state index in [9.17, 15) is 4.79 Å². The third kappa shape index (κ3) is 3.42. The standard InChI is InChI=1S/C17H25NO4/c1-6-21-16(19)14-15(18-11(2)22-17(14,3)4)12-7-9-13(20-5)10-8-12/h7-11,14-15,18H,6H2,1-5H3. The van der Waals surface area contributed by atoms with Gasteiger partial charge >= 0.3 is 5.97 Å². The first-order valence-corrected chi connectivity index (χ1v) is 7.63. The first kappa shape index (κ1) is 16.8. The largest absolute Gasteiger partial charge is 0.497 e. The van der Waals surface area contributed by atoms with Gasteiger partial charge in [-0.05, 0) is 45.4 Å². The Morgan fingerprint density at radius 3 is 2.50 bits per heavy atom. The Hall–Kier alpha value is -1.59. The van der Waals surface area contributed by atoms with Gasteiger partial charge in [-0.1, -0.05) is 12.1 Å². The molecule has 5 heteroatoms. The monoisotopic (exact) mass is 307 g/mol. The molecule has 0 aliphatic carbocycles. The van der Waals surface area contributed by atoms with Crippen LogP contribution in [0.25, 0.3) is 0 Å². The highest BCUT2D eigenvalue weighted by atomic mass is 16.5. The van der Waals surface area contributed by atoms with Gasteiger partial charge in [0.05, 0.1) is 25.4 Å². The number of nitrogens with one attached hydrogen (secondary N) is 1. The van der Waals surface area contributed by atoms with E-state index < -0.39 is 11.5 Å². The minimum atomic E-state index is -0.610. The number of carbonyl (C=O) groups is 1. The van der Waals surface area contributed by atoms with E-state index in [4.69, 9.17) is 14.2 Å². The zero-order valence-corrected chi connectivity index (χ0v) is 13.9. The molecule has 3 unspecified atom stereocenters. The summed E-state index contributed by atoms with van der Waals surface area (Å²) >= 11 is 0. The van der Waals surface area contributed by atoms with Crippen LogP contribution in [0.15, 0.2) is 24.3 Å². The summed E-state index contributed by atoms with van der Waals surface area (Å²) in [7, 11) is 1.63. The number of methoxy groups -OCH3 is 1. The van der Waals surface area contributed by atoms with Crippen LogP contribution in [0, 0.1) is 5.92 Å². The number of benzene rings is 1. The molecule has 0 radical (unpaired) electrons. The normalized spacial score (nSPS) is 27.2. The third-order valence-electron chi connectivity index (χ3n) is 3.99. The maximum Gasteiger partial charge on any atom is 0.313 e. The molecule has 122 valence electrons. The summed E-state index contributed by atoms with van der Waals surface area (Å²) in [6.45, 7) is 7.98. The SMILES string of the molecule is CCOC(=O)C1C(c2ccc(OC)cc2)NC(C)OC1(C)C. The van der Waals surface area contributed by atoms with Crippen LogP contribution in [0.5, 0.6) is 5.75 Å². The van der Waals surface area contributed by atoms with Gasteiger partial charge < -0.3 is 14.2 Å². The molecular formula is C17H25NO4. The summed E-state index contributed by atoms with van der Waals surface area (Å²) < 4.78 is 16.4. The highest BCUT2D eigenvalue weighted by Crippen LogP contribution is 2.39. The summed E-state index contributed by atoms with van der Waals surface area (Å²) in [5.74, 6) is 0.126. The maximum absolute atomic E-state index is 12.5. The van der Waals surface area contributed by atoms with Crippen LogP contribution < -0.4 is 10.1 Å². The Labute approximate surface area is 131 Å². The van der Waals surface area contributed by atoms with Crippen LogP contribution in [-0.4, -0.2) is 31.5 Å². The van der Waals surface area contributed by atoms with E-state index in [0.717, 1.165) is 11.3 Å². The zero-order valence-electron chi connectivity index (χ0n) is 13.9. The minimum Gasteiger partial charge on any atom is -0.497 e. The molecule has 1 aliphatic rings. The van der Waals surface area contributed by atoms with Gasteiger partial charge in [0.25, 0.3) is 0 Å². The van der Waals surface area contributed by atoms with Gasteiger partial charge in [0, 0.05) is 0 Å². The van der Waals surface area contributed by atoms with E-state index in [1.54, 1.807) is 7.11 Å².